The molecule has 0 unspecified atom stereocenters. The summed E-state index contributed by atoms with van der Waals surface area (Å²) in [5, 5.41) is 3.58. The van der Waals surface area contributed by atoms with Gasteiger partial charge in [0.25, 0.3) is 0 Å². The molecule has 0 heterocycles. The summed E-state index contributed by atoms with van der Waals surface area (Å²) in [5.41, 5.74) is 8.96. The molecule has 18 heavy (non-hydrogen) atoms. The van der Waals surface area contributed by atoms with Gasteiger partial charge in [-0.3, -0.25) is 0 Å². The lowest BCUT2D eigenvalue weighted by atomic mass is 9.87. The fraction of sp³-hybridized carbons (Fsp3) is 0.625. The number of rotatable bonds is 2. The van der Waals surface area contributed by atoms with Gasteiger partial charge in [0.1, 0.15) is 0 Å². The van der Waals surface area contributed by atoms with Crippen molar-refractivity contribution in [3.8, 4) is 0 Å². The molecule has 2 atom stereocenters. The van der Waals surface area contributed by atoms with Crippen molar-refractivity contribution in [2.75, 3.05) is 5.32 Å². The zero-order valence-corrected chi connectivity index (χ0v) is 11.9. The normalized spacial score (nSPS) is 24.9. The fourth-order valence-electron chi connectivity index (χ4n) is 2.62. The highest BCUT2D eigenvalue weighted by Gasteiger charge is 2.21. The summed E-state index contributed by atoms with van der Waals surface area (Å²) in [6, 6.07) is 9.55. The summed E-state index contributed by atoms with van der Waals surface area (Å²) >= 11 is 0. The van der Waals surface area contributed by atoms with Gasteiger partial charge in [-0.2, -0.15) is 0 Å². The predicted molar refractivity (Wildman–Crippen MR) is 79.0 cm³/mol. The Balaban J connectivity index is 2.02. The Bertz CT molecular complexity index is 375. The lowest BCUT2D eigenvalue weighted by molar-refractivity contribution is 0.404. The van der Waals surface area contributed by atoms with E-state index < -0.39 is 0 Å². The number of hydrogen-bond donors (Lipinski definition) is 2. The Labute approximate surface area is 111 Å². The van der Waals surface area contributed by atoms with Gasteiger partial charge in [-0.15, -0.1) is 0 Å². The summed E-state index contributed by atoms with van der Waals surface area (Å²) in [6.07, 6.45) is 4.92. The van der Waals surface area contributed by atoms with Crippen molar-refractivity contribution in [3.63, 3.8) is 0 Å². The highest BCUT2D eigenvalue weighted by molar-refractivity contribution is 5.47. The average molecular weight is 246 g/mol. The average Bonchev–Trinajstić information content (AvgIpc) is 2.32. The molecule has 1 aromatic rings. The van der Waals surface area contributed by atoms with Gasteiger partial charge in [0, 0.05) is 17.8 Å². The lowest BCUT2D eigenvalue weighted by Crippen LogP contribution is -2.42. The molecule has 1 aliphatic rings. The van der Waals surface area contributed by atoms with E-state index in [2.05, 4.69) is 50.4 Å². The van der Waals surface area contributed by atoms with E-state index in [1.807, 2.05) is 0 Å². The van der Waals surface area contributed by atoms with Crippen LogP contribution in [0.1, 0.15) is 52.0 Å². The van der Waals surface area contributed by atoms with E-state index >= 15 is 0 Å². The van der Waals surface area contributed by atoms with Crippen LogP contribution in [0.2, 0.25) is 0 Å². The number of benzene rings is 1. The molecule has 100 valence electrons. The predicted octanol–water partition coefficient (Wildman–Crippen LogP) is 3.67. The van der Waals surface area contributed by atoms with Crippen LogP contribution in [0.15, 0.2) is 24.3 Å². The molecule has 1 saturated carbocycles. The molecule has 3 N–H and O–H groups in total. The summed E-state index contributed by atoms with van der Waals surface area (Å²) in [5.74, 6) is 0. The first-order chi connectivity index (χ1) is 8.47. The second-order valence-corrected chi connectivity index (χ2v) is 6.53. The first-order valence-corrected chi connectivity index (χ1v) is 7.09. The molecule has 0 aromatic heterocycles. The molecule has 0 radical (unpaired) electrons. The molecule has 0 saturated heterocycles. The maximum absolute atomic E-state index is 6.16. The second kappa shape index (κ2) is 5.31. The summed E-state index contributed by atoms with van der Waals surface area (Å²) in [7, 11) is 0. The van der Waals surface area contributed by atoms with Crippen LogP contribution >= 0.6 is 0 Å². The first-order valence-electron chi connectivity index (χ1n) is 7.09. The molecule has 2 rings (SSSR count). The molecule has 0 spiro atoms. The Morgan fingerprint density at radius 1 is 1.06 bits per heavy atom. The number of nitrogens with one attached hydrogen (secondary N) is 1. The Morgan fingerprint density at radius 2 is 1.67 bits per heavy atom. The highest BCUT2D eigenvalue weighted by atomic mass is 15.0. The quantitative estimate of drug-likeness (QED) is 0.835. The molecule has 1 aromatic carbocycles. The van der Waals surface area contributed by atoms with E-state index in [-0.39, 0.29) is 5.41 Å². The number of anilines is 1. The third-order valence-electron chi connectivity index (χ3n) is 3.92. The minimum atomic E-state index is 0.222. The van der Waals surface area contributed by atoms with E-state index in [1.54, 1.807) is 0 Å². The van der Waals surface area contributed by atoms with Gasteiger partial charge in [0.05, 0.1) is 0 Å². The molecular formula is C16H26N2. The van der Waals surface area contributed by atoms with E-state index in [0.29, 0.717) is 12.1 Å². The van der Waals surface area contributed by atoms with Crippen molar-refractivity contribution in [2.24, 2.45) is 5.73 Å². The van der Waals surface area contributed by atoms with Crippen molar-refractivity contribution in [2.45, 2.75) is 64.0 Å². The molecule has 1 fully saturated rings. The third-order valence-corrected chi connectivity index (χ3v) is 3.92. The summed E-state index contributed by atoms with van der Waals surface area (Å²) in [4.78, 5) is 0. The van der Waals surface area contributed by atoms with Crippen LogP contribution in [0.5, 0.6) is 0 Å². The molecular weight excluding hydrogens is 220 g/mol. The van der Waals surface area contributed by atoms with Gasteiger partial charge < -0.3 is 11.1 Å². The van der Waals surface area contributed by atoms with Crippen molar-refractivity contribution < 1.29 is 0 Å². The Kier molecular flexibility index (Phi) is 3.96. The second-order valence-electron chi connectivity index (χ2n) is 6.53. The van der Waals surface area contributed by atoms with Crippen molar-refractivity contribution in [3.05, 3.63) is 29.8 Å². The monoisotopic (exact) mass is 246 g/mol. The van der Waals surface area contributed by atoms with Gasteiger partial charge in [0.15, 0.2) is 0 Å². The molecule has 2 nitrogen and oxygen atoms in total. The minimum absolute atomic E-state index is 0.222. The topological polar surface area (TPSA) is 38.0 Å². The summed E-state index contributed by atoms with van der Waals surface area (Å²) in [6.45, 7) is 6.73. The largest absolute Gasteiger partial charge is 0.381 e. The third kappa shape index (κ3) is 3.26. The molecule has 0 amide bonds. The van der Waals surface area contributed by atoms with Gasteiger partial charge >= 0.3 is 0 Å². The van der Waals surface area contributed by atoms with Gasteiger partial charge in [-0.25, -0.2) is 0 Å². The van der Waals surface area contributed by atoms with Crippen LogP contribution in [-0.2, 0) is 5.41 Å². The maximum atomic E-state index is 6.16. The molecule has 2 heteroatoms. The van der Waals surface area contributed by atoms with Crippen LogP contribution in [0.4, 0.5) is 5.69 Å². The van der Waals surface area contributed by atoms with E-state index in [0.717, 1.165) is 6.42 Å². The standard InChI is InChI=1S/C16H26N2/c1-16(2,3)12-8-10-13(11-9-12)18-15-7-5-4-6-14(15)17/h8-11,14-15,18H,4-7,17H2,1-3H3/t14-,15-/m1/s1. The van der Waals surface area contributed by atoms with Crippen LogP contribution < -0.4 is 11.1 Å². The Morgan fingerprint density at radius 3 is 2.22 bits per heavy atom. The van der Waals surface area contributed by atoms with Crippen molar-refractivity contribution in [1.29, 1.82) is 0 Å². The first kappa shape index (κ1) is 13.4. The van der Waals surface area contributed by atoms with Crippen molar-refractivity contribution in [1.82, 2.24) is 0 Å². The summed E-state index contributed by atoms with van der Waals surface area (Å²) < 4.78 is 0. The maximum Gasteiger partial charge on any atom is 0.0412 e. The van der Waals surface area contributed by atoms with E-state index in [4.69, 9.17) is 5.73 Å². The van der Waals surface area contributed by atoms with Gasteiger partial charge in [-0.05, 0) is 36.0 Å². The van der Waals surface area contributed by atoms with E-state index in [9.17, 15) is 0 Å². The number of hydrogen-bond acceptors (Lipinski definition) is 2. The SMILES string of the molecule is CC(C)(C)c1ccc(N[C@@H]2CCCC[C@H]2N)cc1. The molecule has 0 aliphatic heterocycles. The molecule has 0 bridgehead atoms. The van der Waals surface area contributed by atoms with Crippen LogP contribution in [0.3, 0.4) is 0 Å². The zero-order chi connectivity index (χ0) is 13.2. The van der Waals surface area contributed by atoms with Gasteiger partial charge in [0.2, 0.25) is 0 Å². The fourth-order valence-corrected chi connectivity index (χ4v) is 2.62. The smallest absolute Gasteiger partial charge is 0.0412 e. The Hall–Kier alpha value is -1.02. The number of nitrogens with two attached hydrogens (primary N) is 1. The van der Waals surface area contributed by atoms with Gasteiger partial charge in [-0.1, -0.05) is 45.7 Å². The molecule has 1 aliphatic carbocycles. The van der Waals surface area contributed by atoms with Crippen molar-refractivity contribution >= 4 is 5.69 Å². The highest BCUT2D eigenvalue weighted by Crippen LogP contribution is 2.25. The zero-order valence-electron chi connectivity index (χ0n) is 11.9. The lowest BCUT2D eigenvalue weighted by Gasteiger charge is -2.30. The minimum Gasteiger partial charge on any atom is -0.381 e. The van der Waals surface area contributed by atoms with E-state index in [1.165, 1.54) is 30.5 Å². The van der Waals surface area contributed by atoms with Crippen LogP contribution in [0, 0.1) is 0 Å². The van der Waals surface area contributed by atoms with Crippen LogP contribution in [-0.4, -0.2) is 12.1 Å². The van der Waals surface area contributed by atoms with Crippen LogP contribution in [0.25, 0.3) is 0 Å².